The molecule has 0 heterocycles. The fraction of sp³-hybridized carbons (Fsp3) is 0. The van der Waals surface area contributed by atoms with E-state index in [-0.39, 0.29) is 49.4 Å². The van der Waals surface area contributed by atoms with Crippen molar-refractivity contribution in [3.05, 3.63) is 129 Å². The quantitative estimate of drug-likeness (QED) is 0.306. The molecular weight excluding hydrogens is 558 g/mol. The van der Waals surface area contributed by atoms with Crippen molar-refractivity contribution in [1.82, 2.24) is 0 Å². The van der Waals surface area contributed by atoms with Crippen molar-refractivity contribution in [2.45, 2.75) is 0 Å². The minimum absolute atomic E-state index is 0.131. The van der Waals surface area contributed by atoms with Gasteiger partial charge in [0.05, 0.1) is 0 Å². The number of benzene rings is 4. The number of hydrogen-bond acceptors (Lipinski definition) is 4. The summed E-state index contributed by atoms with van der Waals surface area (Å²) >= 11 is -0.341. The zero-order valence-corrected chi connectivity index (χ0v) is 21.0. The summed E-state index contributed by atoms with van der Waals surface area (Å²) in [7, 11) is 0. The Kier molecular flexibility index (Phi) is 5.05. The first-order chi connectivity index (χ1) is 16.6. The van der Waals surface area contributed by atoms with E-state index in [1.54, 1.807) is 60.7 Å². The molecule has 0 radical (unpaired) electrons. The molecular formula is C28H14O4Se2. The summed E-state index contributed by atoms with van der Waals surface area (Å²) < 4.78 is 1.70. The van der Waals surface area contributed by atoms with Crippen LogP contribution in [0.1, 0.15) is 63.7 Å². The normalized spacial score (nSPS) is 13.8. The Morgan fingerprint density at radius 1 is 0.353 bits per heavy atom. The van der Waals surface area contributed by atoms with Gasteiger partial charge in [-0.2, -0.15) is 0 Å². The average Bonchev–Trinajstić information content (AvgIpc) is 2.88. The fourth-order valence-electron chi connectivity index (χ4n) is 4.46. The summed E-state index contributed by atoms with van der Waals surface area (Å²) in [6.07, 6.45) is 0. The number of fused-ring (bicyclic) bond motifs is 4. The molecule has 4 aromatic rings. The van der Waals surface area contributed by atoms with Crippen molar-refractivity contribution < 1.29 is 19.2 Å². The Balaban J connectivity index is 1.39. The standard InChI is InChI=1S/C28H14O4Se2/c29-25-15-7-1-3-9-17(15)27(31)23-19(25)11-5-13-21(23)33-34-22-14-6-12-20-24(22)28(32)18-10-4-2-8-16(18)26(20)30/h1-14H. The first-order valence-electron chi connectivity index (χ1n) is 10.5. The summed E-state index contributed by atoms with van der Waals surface area (Å²) in [6.45, 7) is 0. The molecule has 6 rings (SSSR count). The summed E-state index contributed by atoms with van der Waals surface area (Å²) in [6, 6.07) is 24.7. The van der Waals surface area contributed by atoms with Crippen molar-refractivity contribution >= 4 is 58.3 Å². The van der Waals surface area contributed by atoms with Gasteiger partial charge >= 0.3 is 207 Å². The van der Waals surface area contributed by atoms with Crippen LogP contribution >= 0.6 is 0 Å². The maximum absolute atomic E-state index is 13.3. The van der Waals surface area contributed by atoms with Gasteiger partial charge in [-0.25, -0.2) is 0 Å². The Hall–Kier alpha value is -3.40. The summed E-state index contributed by atoms with van der Waals surface area (Å²) in [5.74, 6) is -0.530. The van der Waals surface area contributed by atoms with E-state index in [0.717, 1.165) is 8.92 Å². The summed E-state index contributed by atoms with van der Waals surface area (Å²) in [4.78, 5) is 52.7. The van der Waals surface area contributed by atoms with Crippen molar-refractivity contribution in [2.24, 2.45) is 0 Å². The maximum atomic E-state index is 13.3. The third kappa shape index (κ3) is 3.12. The van der Waals surface area contributed by atoms with E-state index in [9.17, 15) is 19.2 Å². The Morgan fingerprint density at radius 3 is 1.06 bits per heavy atom. The van der Waals surface area contributed by atoms with E-state index in [1.165, 1.54) is 0 Å². The third-order valence-corrected chi connectivity index (χ3v) is 13.2. The van der Waals surface area contributed by atoms with Crippen molar-refractivity contribution in [3.63, 3.8) is 0 Å². The number of hydrogen-bond donors (Lipinski definition) is 0. The number of ketones is 4. The van der Waals surface area contributed by atoms with Crippen LogP contribution in [0.25, 0.3) is 0 Å². The molecule has 0 aromatic heterocycles. The first-order valence-corrected chi connectivity index (χ1v) is 16.6. The molecule has 0 aliphatic heterocycles. The van der Waals surface area contributed by atoms with Crippen LogP contribution in [0.3, 0.4) is 0 Å². The predicted octanol–water partition coefficient (Wildman–Crippen LogP) is 2.51. The molecule has 162 valence electrons. The van der Waals surface area contributed by atoms with Crippen LogP contribution < -0.4 is 8.92 Å². The van der Waals surface area contributed by atoms with Gasteiger partial charge in [0.15, 0.2) is 0 Å². The van der Waals surface area contributed by atoms with Crippen LogP contribution in [0.2, 0.25) is 0 Å². The zero-order valence-electron chi connectivity index (χ0n) is 17.5. The second-order valence-corrected chi connectivity index (χ2v) is 14.1. The van der Waals surface area contributed by atoms with Crippen LogP contribution in [0, 0.1) is 0 Å². The molecule has 0 N–H and O–H groups in total. The van der Waals surface area contributed by atoms with Crippen molar-refractivity contribution in [3.8, 4) is 0 Å². The minimum atomic E-state index is -0.171. The van der Waals surface area contributed by atoms with Gasteiger partial charge in [-0.05, 0) is 0 Å². The fourth-order valence-corrected chi connectivity index (χ4v) is 11.6. The van der Waals surface area contributed by atoms with E-state index in [4.69, 9.17) is 0 Å². The van der Waals surface area contributed by atoms with E-state index >= 15 is 0 Å². The molecule has 34 heavy (non-hydrogen) atoms. The summed E-state index contributed by atoms with van der Waals surface area (Å²) in [5.41, 5.74) is 3.58. The molecule has 2 aliphatic rings. The summed E-state index contributed by atoms with van der Waals surface area (Å²) in [5, 5.41) is 0. The Bertz CT molecular complexity index is 1470. The van der Waals surface area contributed by atoms with Crippen molar-refractivity contribution in [2.75, 3.05) is 0 Å². The van der Waals surface area contributed by atoms with Crippen LogP contribution in [0.5, 0.6) is 0 Å². The first kappa shape index (κ1) is 21.2. The van der Waals surface area contributed by atoms with Gasteiger partial charge in [-0.1, -0.05) is 0 Å². The molecule has 0 atom stereocenters. The van der Waals surface area contributed by atoms with Gasteiger partial charge in [0.2, 0.25) is 0 Å². The molecule has 6 heteroatoms. The molecule has 0 spiro atoms. The van der Waals surface area contributed by atoms with Crippen LogP contribution in [-0.2, 0) is 0 Å². The second-order valence-electron chi connectivity index (χ2n) is 7.93. The van der Waals surface area contributed by atoms with Crippen molar-refractivity contribution in [1.29, 1.82) is 0 Å². The van der Waals surface area contributed by atoms with E-state index < -0.39 is 0 Å². The molecule has 4 nitrogen and oxygen atoms in total. The molecule has 0 unspecified atom stereocenters. The van der Waals surface area contributed by atoms with E-state index in [2.05, 4.69) is 0 Å². The zero-order chi connectivity index (χ0) is 23.4. The van der Waals surface area contributed by atoms with Gasteiger partial charge in [-0.3, -0.25) is 0 Å². The molecule has 0 amide bonds. The molecule has 2 aliphatic carbocycles. The molecule has 0 bridgehead atoms. The topological polar surface area (TPSA) is 68.3 Å². The monoisotopic (exact) mass is 574 g/mol. The average molecular weight is 572 g/mol. The number of carbonyl (C=O) groups excluding carboxylic acids is 4. The molecule has 0 saturated carbocycles. The van der Waals surface area contributed by atoms with Crippen LogP contribution in [-0.4, -0.2) is 49.4 Å². The second kappa shape index (κ2) is 8.12. The Morgan fingerprint density at radius 2 is 0.676 bits per heavy atom. The Labute approximate surface area is 206 Å². The SMILES string of the molecule is O=C1c2ccccc2C(=O)c2c([Se][Se]c3cccc4c3C(=O)c3ccccc3C4=O)cccc21. The van der Waals surface area contributed by atoms with Gasteiger partial charge in [0.1, 0.15) is 0 Å². The van der Waals surface area contributed by atoms with Crippen LogP contribution in [0.15, 0.2) is 84.9 Å². The van der Waals surface area contributed by atoms with Gasteiger partial charge in [-0.15, -0.1) is 0 Å². The third-order valence-electron chi connectivity index (χ3n) is 6.05. The van der Waals surface area contributed by atoms with Gasteiger partial charge in [0, 0.05) is 0 Å². The number of carbonyl (C=O) groups is 4. The predicted molar refractivity (Wildman–Crippen MR) is 130 cm³/mol. The van der Waals surface area contributed by atoms with E-state index in [0.29, 0.717) is 44.5 Å². The molecule has 0 saturated heterocycles. The number of rotatable bonds is 3. The van der Waals surface area contributed by atoms with Crippen LogP contribution in [0.4, 0.5) is 0 Å². The van der Waals surface area contributed by atoms with Gasteiger partial charge < -0.3 is 0 Å². The van der Waals surface area contributed by atoms with Gasteiger partial charge in [0.25, 0.3) is 0 Å². The molecule has 4 aromatic carbocycles. The molecule has 0 fully saturated rings. The van der Waals surface area contributed by atoms with E-state index in [1.807, 2.05) is 24.3 Å².